The van der Waals surface area contributed by atoms with Crippen molar-refractivity contribution in [3.8, 4) is 5.75 Å². The lowest BCUT2D eigenvalue weighted by molar-refractivity contribution is 0.102. The lowest BCUT2D eigenvalue weighted by Gasteiger charge is -2.08. The Morgan fingerprint density at radius 2 is 2.29 bits per heavy atom. The molecule has 0 fully saturated rings. The molecule has 14 heavy (non-hydrogen) atoms. The van der Waals surface area contributed by atoms with Gasteiger partial charge in [-0.25, -0.2) is 4.39 Å². The Morgan fingerprint density at radius 3 is 2.79 bits per heavy atom. The molecular formula is C9H9BrFNO2. The van der Waals surface area contributed by atoms with E-state index in [-0.39, 0.29) is 16.6 Å². The van der Waals surface area contributed by atoms with E-state index in [9.17, 15) is 9.18 Å². The van der Waals surface area contributed by atoms with Crippen LogP contribution in [0.1, 0.15) is 10.4 Å². The van der Waals surface area contributed by atoms with Crippen molar-refractivity contribution in [3.63, 3.8) is 0 Å². The van der Waals surface area contributed by atoms with Gasteiger partial charge >= 0.3 is 0 Å². The molecule has 1 rings (SSSR count). The highest BCUT2D eigenvalue weighted by molar-refractivity contribution is 9.09. The summed E-state index contributed by atoms with van der Waals surface area (Å²) < 4.78 is 18.1. The van der Waals surface area contributed by atoms with E-state index >= 15 is 0 Å². The van der Waals surface area contributed by atoms with E-state index in [0.717, 1.165) is 6.07 Å². The molecule has 0 aromatic heterocycles. The summed E-state index contributed by atoms with van der Waals surface area (Å²) in [7, 11) is 1.41. The highest BCUT2D eigenvalue weighted by Crippen LogP contribution is 2.27. The second-order valence-corrected chi connectivity index (χ2v) is 3.16. The minimum absolute atomic E-state index is 0.0291. The van der Waals surface area contributed by atoms with Crippen molar-refractivity contribution in [2.24, 2.45) is 0 Å². The van der Waals surface area contributed by atoms with Crippen LogP contribution in [0.25, 0.3) is 0 Å². The van der Waals surface area contributed by atoms with Gasteiger partial charge in [0.2, 0.25) is 0 Å². The molecule has 1 aromatic carbocycles. The fraction of sp³-hybridized carbons (Fsp3) is 0.222. The Labute approximate surface area is 89.2 Å². The van der Waals surface area contributed by atoms with E-state index < -0.39 is 11.6 Å². The molecule has 0 unspecified atom stereocenters. The molecule has 0 saturated carbocycles. The predicted octanol–water partition coefficient (Wildman–Crippen LogP) is 1.99. The van der Waals surface area contributed by atoms with Gasteiger partial charge in [0.1, 0.15) is 11.6 Å². The molecular weight excluding hydrogens is 253 g/mol. The molecule has 2 N–H and O–H groups in total. The molecule has 0 saturated heterocycles. The zero-order chi connectivity index (χ0) is 10.7. The number of Topliss-reactive ketones (excluding diaryl/α,β-unsaturated/α-hetero) is 1. The lowest BCUT2D eigenvalue weighted by atomic mass is 10.1. The van der Waals surface area contributed by atoms with E-state index in [1.54, 1.807) is 0 Å². The van der Waals surface area contributed by atoms with Crippen molar-refractivity contribution in [1.29, 1.82) is 0 Å². The van der Waals surface area contributed by atoms with Gasteiger partial charge in [-0.3, -0.25) is 4.79 Å². The maximum absolute atomic E-state index is 13.2. The number of hydrogen-bond donors (Lipinski definition) is 1. The van der Waals surface area contributed by atoms with Gasteiger partial charge in [-0.2, -0.15) is 0 Å². The normalized spacial score (nSPS) is 9.93. The Morgan fingerprint density at radius 1 is 1.64 bits per heavy atom. The molecule has 1 aromatic rings. The monoisotopic (exact) mass is 261 g/mol. The SMILES string of the molecule is COc1ccc(F)c(C(=O)CBr)c1N. The number of nitrogens with two attached hydrogens (primary N) is 1. The fourth-order valence-electron chi connectivity index (χ4n) is 1.10. The molecule has 3 nitrogen and oxygen atoms in total. The first-order valence-corrected chi connectivity index (χ1v) is 4.95. The molecule has 0 radical (unpaired) electrons. The molecule has 76 valence electrons. The predicted molar refractivity (Wildman–Crippen MR) is 55.5 cm³/mol. The molecule has 0 bridgehead atoms. The number of carbonyl (C=O) groups is 1. The van der Waals surface area contributed by atoms with E-state index in [1.165, 1.54) is 13.2 Å². The second-order valence-electron chi connectivity index (χ2n) is 2.60. The Bertz CT molecular complexity index is 368. The van der Waals surface area contributed by atoms with Crippen LogP contribution >= 0.6 is 15.9 Å². The minimum Gasteiger partial charge on any atom is -0.495 e. The van der Waals surface area contributed by atoms with Crippen LogP contribution in [0.2, 0.25) is 0 Å². The van der Waals surface area contributed by atoms with E-state index in [0.29, 0.717) is 5.75 Å². The van der Waals surface area contributed by atoms with Crippen molar-refractivity contribution < 1.29 is 13.9 Å². The number of ketones is 1. The topological polar surface area (TPSA) is 52.3 Å². The van der Waals surface area contributed by atoms with Crippen molar-refractivity contribution in [3.05, 3.63) is 23.5 Å². The van der Waals surface area contributed by atoms with Crippen LogP contribution in [-0.4, -0.2) is 18.2 Å². The second kappa shape index (κ2) is 4.41. The fourth-order valence-corrected chi connectivity index (χ4v) is 1.38. The van der Waals surface area contributed by atoms with Crippen LogP contribution in [0.5, 0.6) is 5.75 Å². The quantitative estimate of drug-likeness (QED) is 0.515. The van der Waals surface area contributed by atoms with Gasteiger partial charge in [-0.15, -0.1) is 0 Å². The summed E-state index contributed by atoms with van der Waals surface area (Å²) in [6.45, 7) is 0. The summed E-state index contributed by atoms with van der Waals surface area (Å²) in [6, 6.07) is 2.54. The van der Waals surface area contributed by atoms with Crippen molar-refractivity contribution in [1.82, 2.24) is 0 Å². The number of ether oxygens (including phenoxy) is 1. The first kappa shape index (κ1) is 11.0. The van der Waals surface area contributed by atoms with Gasteiger partial charge in [0.25, 0.3) is 0 Å². The summed E-state index contributed by atoms with van der Waals surface area (Å²) in [6.07, 6.45) is 0. The lowest BCUT2D eigenvalue weighted by Crippen LogP contribution is -2.09. The van der Waals surface area contributed by atoms with Crippen molar-refractivity contribution in [2.45, 2.75) is 0 Å². The number of alkyl halides is 1. The third kappa shape index (κ3) is 1.87. The number of methoxy groups -OCH3 is 1. The van der Waals surface area contributed by atoms with E-state index in [2.05, 4.69) is 15.9 Å². The third-order valence-corrected chi connectivity index (χ3v) is 2.28. The zero-order valence-electron chi connectivity index (χ0n) is 7.51. The average Bonchev–Trinajstić information content (AvgIpc) is 2.18. The number of benzene rings is 1. The van der Waals surface area contributed by atoms with Gasteiger partial charge in [-0.1, -0.05) is 15.9 Å². The smallest absolute Gasteiger partial charge is 0.178 e. The number of anilines is 1. The Hall–Kier alpha value is -1.10. The van der Waals surface area contributed by atoms with Crippen LogP contribution in [0, 0.1) is 5.82 Å². The van der Waals surface area contributed by atoms with Crippen LogP contribution in [-0.2, 0) is 0 Å². The largest absolute Gasteiger partial charge is 0.495 e. The van der Waals surface area contributed by atoms with Gasteiger partial charge in [0.15, 0.2) is 5.78 Å². The van der Waals surface area contributed by atoms with Crippen LogP contribution in [0.3, 0.4) is 0 Å². The molecule has 0 aliphatic heterocycles. The Balaban J connectivity index is 3.32. The zero-order valence-corrected chi connectivity index (χ0v) is 9.10. The van der Waals surface area contributed by atoms with Crippen LogP contribution in [0.15, 0.2) is 12.1 Å². The molecule has 0 amide bonds. The molecule has 0 aliphatic rings. The first-order chi connectivity index (χ1) is 6.61. The summed E-state index contributed by atoms with van der Waals surface area (Å²) in [5.74, 6) is -0.734. The molecule has 0 aliphatic carbocycles. The van der Waals surface area contributed by atoms with E-state index in [4.69, 9.17) is 10.5 Å². The third-order valence-electron chi connectivity index (χ3n) is 1.77. The average molecular weight is 262 g/mol. The van der Waals surface area contributed by atoms with E-state index in [1.807, 2.05) is 0 Å². The molecule has 5 heteroatoms. The minimum atomic E-state index is -0.632. The maximum Gasteiger partial charge on any atom is 0.178 e. The number of nitrogen functional groups attached to an aromatic ring is 1. The molecule has 0 heterocycles. The van der Waals surface area contributed by atoms with Crippen LogP contribution in [0.4, 0.5) is 10.1 Å². The number of carbonyl (C=O) groups excluding carboxylic acids is 1. The van der Waals surface area contributed by atoms with Crippen molar-refractivity contribution in [2.75, 3.05) is 18.2 Å². The van der Waals surface area contributed by atoms with Crippen molar-refractivity contribution >= 4 is 27.4 Å². The summed E-state index contributed by atoms with van der Waals surface area (Å²) in [5.41, 5.74) is 5.48. The molecule has 0 spiro atoms. The molecule has 0 atom stereocenters. The maximum atomic E-state index is 13.2. The van der Waals surface area contributed by atoms with Gasteiger partial charge in [-0.05, 0) is 12.1 Å². The van der Waals surface area contributed by atoms with Gasteiger partial charge in [0, 0.05) is 0 Å². The first-order valence-electron chi connectivity index (χ1n) is 3.83. The summed E-state index contributed by atoms with van der Waals surface area (Å²) >= 11 is 2.95. The van der Waals surface area contributed by atoms with Crippen LogP contribution < -0.4 is 10.5 Å². The van der Waals surface area contributed by atoms with Gasteiger partial charge < -0.3 is 10.5 Å². The summed E-state index contributed by atoms with van der Waals surface area (Å²) in [4.78, 5) is 11.3. The van der Waals surface area contributed by atoms with Gasteiger partial charge in [0.05, 0.1) is 23.7 Å². The number of hydrogen-bond acceptors (Lipinski definition) is 3. The highest BCUT2D eigenvalue weighted by atomic mass is 79.9. The standard InChI is InChI=1S/C9H9BrFNO2/c1-14-7-3-2-5(11)8(9(7)12)6(13)4-10/h2-3H,4,12H2,1H3. The highest BCUT2D eigenvalue weighted by Gasteiger charge is 2.17. The number of halogens is 2. The number of rotatable bonds is 3. The summed E-state index contributed by atoms with van der Waals surface area (Å²) in [5, 5.41) is 0.0291. The Kier molecular flexibility index (Phi) is 3.46.